The minimum atomic E-state index is 0.00988. The number of halogens is 1. The van der Waals surface area contributed by atoms with Gasteiger partial charge >= 0.3 is 0 Å². The van der Waals surface area contributed by atoms with Crippen LogP contribution in [-0.2, 0) is 0 Å². The van der Waals surface area contributed by atoms with Gasteiger partial charge in [0, 0.05) is 23.4 Å². The first-order valence-electron chi connectivity index (χ1n) is 6.88. The van der Waals surface area contributed by atoms with Crippen molar-refractivity contribution < 1.29 is 9.84 Å². The molecule has 0 spiro atoms. The van der Waals surface area contributed by atoms with Gasteiger partial charge in [0.05, 0.1) is 17.8 Å². The van der Waals surface area contributed by atoms with Gasteiger partial charge in [0.25, 0.3) is 0 Å². The van der Waals surface area contributed by atoms with Crippen molar-refractivity contribution in [3.8, 4) is 22.8 Å². The minimum absolute atomic E-state index is 0.00988. The van der Waals surface area contributed by atoms with Crippen LogP contribution >= 0.6 is 11.6 Å². The third-order valence-corrected chi connectivity index (χ3v) is 3.59. The minimum Gasteiger partial charge on any atom is -0.506 e. The number of nitrogens with zero attached hydrogens (tertiary/aromatic N) is 2. The summed E-state index contributed by atoms with van der Waals surface area (Å²) in [6.45, 7) is 0. The first kappa shape index (κ1) is 15.1. The molecule has 1 aromatic heterocycles. The number of para-hydroxylation sites is 1. The zero-order valence-electron chi connectivity index (χ0n) is 12.3. The molecule has 0 fully saturated rings. The van der Waals surface area contributed by atoms with Gasteiger partial charge in [0.1, 0.15) is 23.6 Å². The molecule has 0 aliphatic heterocycles. The summed E-state index contributed by atoms with van der Waals surface area (Å²) in [5.74, 6) is 1.35. The van der Waals surface area contributed by atoms with Crippen LogP contribution in [0.3, 0.4) is 0 Å². The lowest BCUT2D eigenvalue weighted by molar-refractivity contribution is 0.416. The van der Waals surface area contributed by atoms with E-state index in [-0.39, 0.29) is 5.75 Å². The lowest BCUT2D eigenvalue weighted by atomic mass is 10.1. The van der Waals surface area contributed by atoms with Crippen molar-refractivity contribution >= 4 is 23.1 Å². The van der Waals surface area contributed by atoms with Gasteiger partial charge in [-0.15, -0.1) is 0 Å². The van der Waals surface area contributed by atoms with E-state index in [4.69, 9.17) is 16.3 Å². The Bertz CT molecular complexity index is 840. The highest BCUT2D eigenvalue weighted by atomic mass is 35.5. The number of phenols is 1. The van der Waals surface area contributed by atoms with Gasteiger partial charge in [-0.1, -0.05) is 23.7 Å². The van der Waals surface area contributed by atoms with E-state index < -0.39 is 0 Å². The lowest BCUT2D eigenvalue weighted by Gasteiger charge is -2.10. The van der Waals surface area contributed by atoms with Crippen LogP contribution in [0.5, 0.6) is 11.5 Å². The average molecular weight is 328 g/mol. The molecule has 2 aromatic carbocycles. The van der Waals surface area contributed by atoms with Gasteiger partial charge in [-0.3, -0.25) is 0 Å². The molecular weight excluding hydrogens is 314 g/mol. The Morgan fingerprint density at radius 1 is 1.09 bits per heavy atom. The molecule has 1 heterocycles. The van der Waals surface area contributed by atoms with Crippen molar-refractivity contribution in [1.82, 2.24) is 9.97 Å². The summed E-state index contributed by atoms with van der Waals surface area (Å²) >= 11 is 5.80. The van der Waals surface area contributed by atoms with Crippen molar-refractivity contribution in [2.45, 2.75) is 0 Å². The Morgan fingerprint density at radius 3 is 2.70 bits per heavy atom. The maximum atomic E-state index is 9.66. The standard InChI is InChI=1S/C17H14ClN3O2/c1-23-16-5-3-2-4-12(16)14-9-17(20-10-19-14)21-11-6-7-13(18)15(22)8-11/h2-10,22H,1H3,(H,19,20,21). The molecule has 23 heavy (non-hydrogen) atoms. The fourth-order valence-electron chi connectivity index (χ4n) is 2.17. The summed E-state index contributed by atoms with van der Waals surface area (Å²) in [5, 5.41) is 13.1. The molecule has 0 aliphatic carbocycles. The maximum Gasteiger partial charge on any atom is 0.136 e. The first-order valence-corrected chi connectivity index (χ1v) is 7.26. The Labute approximate surface area is 138 Å². The molecule has 0 unspecified atom stereocenters. The second kappa shape index (κ2) is 6.54. The van der Waals surface area contributed by atoms with Gasteiger partial charge in [-0.05, 0) is 24.3 Å². The third-order valence-electron chi connectivity index (χ3n) is 3.27. The summed E-state index contributed by atoms with van der Waals surface area (Å²) in [4.78, 5) is 8.48. The smallest absolute Gasteiger partial charge is 0.136 e. The molecule has 116 valence electrons. The molecule has 3 aromatic rings. The van der Waals surface area contributed by atoms with E-state index >= 15 is 0 Å². The molecular formula is C17H14ClN3O2. The van der Waals surface area contributed by atoms with Crippen LogP contribution in [0.15, 0.2) is 54.9 Å². The summed E-state index contributed by atoms with van der Waals surface area (Å²) < 4.78 is 5.36. The molecule has 0 saturated heterocycles. The fourth-order valence-corrected chi connectivity index (χ4v) is 2.29. The van der Waals surface area contributed by atoms with Crippen LogP contribution in [0.25, 0.3) is 11.3 Å². The van der Waals surface area contributed by atoms with E-state index in [1.54, 1.807) is 19.2 Å². The first-order chi connectivity index (χ1) is 11.2. The van der Waals surface area contributed by atoms with Gasteiger partial charge in [0.15, 0.2) is 0 Å². The average Bonchev–Trinajstić information content (AvgIpc) is 2.58. The quantitative estimate of drug-likeness (QED) is 0.749. The normalized spacial score (nSPS) is 10.3. The number of benzene rings is 2. The van der Waals surface area contributed by atoms with E-state index in [0.717, 1.165) is 17.0 Å². The van der Waals surface area contributed by atoms with Gasteiger partial charge in [0.2, 0.25) is 0 Å². The van der Waals surface area contributed by atoms with E-state index in [1.807, 2.05) is 30.3 Å². The number of aromatic nitrogens is 2. The second-order valence-corrected chi connectivity index (χ2v) is 5.19. The highest BCUT2D eigenvalue weighted by molar-refractivity contribution is 6.32. The fraction of sp³-hybridized carbons (Fsp3) is 0.0588. The topological polar surface area (TPSA) is 67.3 Å². The van der Waals surface area contributed by atoms with Gasteiger partial charge < -0.3 is 15.2 Å². The summed E-state index contributed by atoms with van der Waals surface area (Å²) in [7, 11) is 1.62. The number of ether oxygens (including phenoxy) is 1. The summed E-state index contributed by atoms with van der Waals surface area (Å²) in [6.07, 6.45) is 1.47. The predicted molar refractivity (Wildman–Crippen MR) is 90.4 cm³/mol. The Hall–Kier alpha value is -2.79. The summed E-state index contributed by atoms with van der Waals surface area (Å²) in [5.41, 5.74) is 2.29. The Balaban J connectivity index is 1.92. The van der Waals surface area contributed by atoms with E-state index in [2.05, 4.69) is 15.3 Å². The largest absolute Gasteiger partial charge is 0.506 e. The number of hydrogen-bond donors (Lipinski definition) is 2. The highest BCUT2D eigenvalue weighted by Gasteiger charge is 2.08. The molecule has 0 bridgehead atoms. The number of methoxy groups -OCH3 is 1. The van der Waals surface area contributed by atoms with Gasteiger partial charge in [-0.25, -0.2) is 9.97 Å². The van der Waals surface area contributed by atoms with Crippen LogP contribution in [0.1, 0.15) is 0 Å². The zero-order valence-corrected chi connectivity index (χ0v) is 13.1. The number of rotatable bonds is 4. The molecule has 0 amide bonds. The number of anilines is 2. The lowest BCUT2D eigenvalue weighted by Crippen LogP contribution is -1.96. The maximum absolute atomic E-state index is 9.66. The zero-order chi connectivity index (χ0) is 16.2. The number of aromatic hydroxyl groups is 1. The van der Waals surface area contributed by atoms with Crippen LogP contribution in [0.2, 0.25) is 5.02 Å². The number of nitrogens with one attached hydrogen (secondary N) is 1. The van der Waals surface area contributed by atoms with Gasteiger partial charge in [-0.2, -0.15) is 0 Å². The van der Waals surface area contributed by atoms with Crippen molar-refractivity contribution in [3.63, 3.8) is 0 Å². The van der Waals surface area contributed by atoms with Crippen molar-refractivity contribution in [3.05, 3.63) is 59.9 Å². The van der Waals surface area contributed by atoms with E-state index in [9.17, 15) is 5.11 Å². The van der Waals surface area contributed by atoms with E-state index in [0.29, 0.717) is 16.5 Å². The van der Waals surface area contributed by atoms with Crippen LogP contribution in [-0.4, -0.2) is 22.2 Å². The molecule has 0 radical (unpaired) electrons. The molecule has 6 heteroatoms. The predicted octanol–water partition coefficient (Wildman–Crippen LogP) is 4.25. The van der Waals surface area contributed by atoms with Crippen LogP contribution < -0.4 is 10.1 Å². The molecule has 2 N–H and O–H groups in total. The SMILES string of the molecule is COc1ccccc1-c1cc(Nc2ccc(Cl)c(O)c2)ncn1. The van der Waals surface area contributed by atoms with Crippen molar-refractivity contribution in [2.75, 3.05) is 12.4 Å². The van der Waals surface area contributed by atoms with Crippen molar-refractivity contribution in [2.24, 2.45) is 0 Å². The second-order valence-electron chi connectivity index (χ2n) is 4.78. The number of phenolic OH excluding ortho intramolecular Hbond substituents is 1. The highest BCUT2D eigenvalue weighted by Crippen LogP contribution is 2.30. The molecule has 3 rings (SSSR count). The van der Waals surface area contributed by atoms with Crippen molar-refractivity contribution in [1.29, 1.82) is 0 Å². The molecule has 0 aliphatic rings. The Morgan fingerprint density at radius 2 is 1.91 bits per heavy atom. The third kappa shape index (κ3) is 3.35. The monoisotopic (exact) mass is 327 g/mol. The Kier molecular flexibility index (Phi) is 4.30. The van der Waals surface area contributed by atoms with E-state index in [1.165, 1.54) is 12.4 Å². The number of hydrogen-bond acceptors (Lipinski definition) is 5. The summed E-state index contributed by atoms with van der Waals surface area (Å²) in [6, 6.07) is 14.3. The van der Waals surface area contributed by atoms with Crippen LogP contribution in [0, 0.1) is 0 Å². The molecule has 0 saturated carbocycles. The molecule has 5 nitrogen and oxygen atoms in total. The molecule has 0 atom stereocenters. The van der Waals surface area contributed by atoms with Crippen LogP contribution in [0.4, 0.5) is 11.5 Å².